The van der Waals surface area contributed by atoms with E-state index >= 15 is 0 Å². The van der Waals surface area contributed by atoms with Crippen molar-refractivity contribution in [3.05, 3.63) is 59.7 Å². The number of benzene rings is 2. The molecule has 0 aliphatic carbocycles. The van der Waals surface area contributed by atoms with Crippen molar-refractivity contribution in [1.29, 1.82) is 0 Å². The number of hydrogen-bond donors (Lipinski definition) is 1. The highest BCUT2D eigenvalue weighted by Crippen LogP contribution is 2.25. The van der Waals surface area contributed by atoms with Crippen LogP contribution in [0.2, 0.25) is 0 Å². The molecule has 1 N–H and O–H groups in total. The highest BCUT2D eigenvalue weighted by molar-refractivity contribution is 5.77. The van der Waals surface area contributed by atoms with Gasteiger partial charge in [0.2, 0.25) is 5.91 Å². The molecular formula is C22H29N3O2. The molecule has 1 amide bonds. The maximum atomic E-state index is 12.5. The fraction of sp³-hybridized carbons (Fsp3) is 0.409. The maximum Gasteiger partial charge on any atom is 0.224 e. The van der Waals surface area contributed by atoms with Gasteiger partial charge in [0, 0.05) is 45.7 Å². The van der Waals surface area contributed by atoms with Gasteiger partial charge in [-0.05, 0) is 30.2 Å². The summed E-state index contributed by atoms with van der Waals surface area (Å²) in [6.07, 6.45) is 0.496. The van der Waals surface area contributed by atoms with Crippen LogP contribution in [-0.2, 0) is 11.3 Å². The van der Waals surface area contributed by atoms with Gasteiger partial charge in [-0.25, -0.2) is 0 Å². The zero-order valence-electron chi connectivity index (χ0n) is 16.3. The van der Waals surface area contributed by atoms with Crippen molar-refractivity contribution in [1.82, 2.24) is 9.80 Å². The number of anilines is 1. The molecule has 0 radical (unpaired) electrons. The largest absolute Gasteiger partial charge is 0.495 e. The van der Waals surface area contributed by atoms with Crippen LogP contribution in [0.15, 0.2) is 48.5 Å². The predicted octanol–water partition coefficient (Wildman–Crippen LogP) is 3.15. The van der Waals surface area contributed by atoms with Crippen LogP contribution in [0.3, 0.4) is 0 Å². The van der Waals surface area contributed by atoms with E-state index in [2.05, 4.69) is 34.5 Å². The van der Waals surface area contributed by atoms with Crippen molar-refractivity contribution in [2.45, 2.75) is 19.9 Å². The molecule has 1 heterocycles. The van der Waals surface area contributed by atoms with Crippen LogP contribution >= 0.6 is 0 Å². The van der Waals surface area contributed by atoms with Crippen LogP contribution in [0.25, 0.3) is 0 Å². The topological polar surface area (TPSA) is 44.8 Å². The Morgan fingerprint density at radius 3 is 2.52 bits per heavy atom. The first-order valence-corrected chi connectivity index (χ1v) is 9.58. The number of hydrogen-bond acceptors (Lipinski definition) is 4. The lowest BCUT2D eigenvalue weighted by molar-refractivity contribution is -0.132. The summed E-state index contributed by atoms with van der Waals surface area (Å²) >= 11 is 0. The highest BCUT2D eigenvalue weighted by atomic mass is 16.5. The first-order valence-electron chi connectivity index (χ1n) is 9.58. The second-order valence-electron chi connectivity index (χ2n) is 7.02. The molecule has 0 bridgehead atoms. The van der Waals surface area contributed by atoms with Gasteiger partial charge in [0.25, 0.3) is 0 Å². The van der Waals surface area contributed by atoms with Gasteiger partial charge in [0.05, 0.1) is 12.8 Å². The molecule has 1 fully saturated rings. The molecule has 1 aliphatic rings. The van der Waals surface area contributed by atoms with Crippen molar-refractivity contribution in [2.75, 3.05) is 45.2 Å². The van der Waals surface area contributed by atoms with Crippen LogP contribution in [0.5, 0.6) is 5.75 Å². The van der Waals surface area contributed by atoms with Crippen LogP contribution in [-0.4, -0.2) is 55.5 Å². The van der Waals surface area contributed by atoms with E-state index in [4.69, 9.17) is 4.74 Å². The number of amides is 1. The van der Waals surface area contributed by atoms with Gasteiger partial charge in [-0.15, -0.1) is 0 Å². The molecule has 27 heavy (non-hydrogen) atoms. The first-order chi connectivity index (χ1) is 13.2. The second-order valence-corrected chi connectivity index (χ2v) is 7.02. The molecule has 5 heteroatoms. The minimum absolute atomic E-state index is 0.216. The summed E-state index contributed by atoms with van der Waals surface area (Å²) in [5.74, 6) is 1.02. The lowest BCUT2D eigenvalue weighted by Crippen LogP contribution is -2.48. The molecule has 0 unspecified atom stereocenters. The van der Waals surface area contributed by atoms with E-state index in [-0.39, 0.29) is 5.91 Å². The van der Waals surface area contributed by atoms with Crippen molar-refractivity contribution in [2.24, 2.45) is 0 Å². The average molecular weight is 367 g/mol. The normalized spacial score (nSPS) is 14.8. The summed E-state index contributed by atoms with van der Waals surface area (Å²) in [6.45, 7) is 7.09. The number of methoxy groups -OCH3 is 1. The number of ether oxygens (including phenoxy) is 1. The molecule has 0 atom stereocenters. The van der Waals surface area contributed by atoms with Gasteiger partial charge in [0.15, 0.2) is 0 Å². The maximum absolute atomic E-state index is 12.5. The van der Waals surface area contributed by atoms with E-state index in [1.165, 1.54) is 11.1 Å². The minimum Gasteiger partial charge on any atom is -0.495 e. The molecule has 0 spiro atoms. The lowest BCUT2D eigenvalue weighted by Gasteiger charge is -2.34. The summed E-state index contributed by atoms with van der Waals surface area (Å²) in [7, 11) is 1.66. The standard InChI is InChI=1S/C22H29N3O2/c1-18-8-9-21(27-2)20(16-18)23-11-10-22(26)25-14-12-24(13-15-25)17-19-6-4-3-5-7-19/h3-9,16,23H,10-15,17H2,1-2H3. The lowest BCUT2D eigenvalue weighted by atomic mass is 10.2. The molecule has 2 aromatic carbocycles. The van der Waals surface area contributed by atoms with E-state index in [0.717, 1.165) is 44.2 Å². The van der Waals surface area contributed by atoms with E-state index in [1.807, 2.05) is 36.1 Å². The van der Waals surface area contributed by atoms with Crippen LogP contribution < -0.4 is 10.1 Å². The third-order valence-corrected chi connectivity index (χ3v) is 4.98. The Bertz CT molecular complexity index is 740. The number of nitrogens with zero attached hydrogens (tertiary/aromatic N) is 2. The Balaban J connectivity index is 1.41. The summed E-state index contributed by atoms with van der Waals surface area (Å²) < 4.78 is 5.37. The summed E-state index contributed by atoms with van der Waals surface area (Å²) in [5.41, 5.74) is 3.44. The molecule has 0 aromatic heterocycles. The molecule has 0 saturated carbocycles. The van der Waals surface area contributed by atoms with Crippen molar-refractivity contribution in [3.63, 3.8) is 0 Å². The molecule has 144 valence electrons. The number of nitrogens with one attached hydrogen (secondary N) is 1. The Labute approximate surface area is 161 Å². The van der Waals surface area contributed by atoms with Gasteiger partial charge in [-0.1, -0.05) is 36.4 Å². The zero-order valence-corrected chi connectivity index (χ0v) is 16.3. The van der Waals surface area contributed by atoms with Crippen LogP contribution in [0.4, 0.5) is 5.69 Å². The molecule has 3 rings (SSSR count). The van der Waals surface area contributed by atoms with E-state index in [9.17, 15) is 4.79 Å². The molecule has 1 saturated heterocycles. The van der Waals surface area contributed by atoms with Gasteiger partial charge < -0.3 is 15.0 Å². The van der Waals surface area contributed by atoms with Gasteiger partial charge in [-0.2, -0.15) is 0 Å². The number of rotatable bonds is 7. The van der Waals surface area contributed by atoms with Crippen LogP contribution in [0, 0.1) is 6.92 Å². The van der Waals surface area contributed by atoms with E-state index in [0.29, 0.717) is 13.0 Å². The SMILES string of the molecule is COc1ccc(C)cc1NCCC(=O)N1CCN(Cc2ccccc2)CC1. The quantitative estimate of drug-likeness (QED) is 0.817. The van der Waals surface area contributed by atoms with Crippen molar-refractivity contribution >= 4 is 11.6 Å². The number of carbonyl (C=O) groups is 1. The Morgan fingerprint density at radius 1 is 1.07 bits per heavy atom. The summed E-state index contributed by atoms with van der Waals surface area (Å²) in [6, 6.07) is 16.5. The Morgan fingerprint density at radius 2 is 1.81 bits per heavy atom. The fourth-order valence-corrected chi connectivity index (χ4v) is 3.42. The van der Waals surface area contributed by atoms with Crippen molar-refractivity contribution in [3.8, 4) is 5.75 Å². The number of aryl methyl sites for hydroxylation is 1. The third-order valence-electron chi connectivity index (χ3n) is 4.98. The molecule has 2 aromatic rings. The fourth-order valence-electron chi connectivity index (χ4n) is 3.42. The molecule has 1 aliphatic heterocycles. The number of carbonyl (C=O) groups excluding carboxylic acids is 1. The zero-order chi connectivity index (χ0) is 19.1. The van der Waals surface area contributed by atoms with E-state index < -0.39 is 0 Å². The number of piperazine rings is 1. The Hall–Kier alpha value is -2.53. The smallest absolute Gasteiger partial charge is 0.224 e. The van der Waals surface area contributed by atoms with E-state index in [1.54, 1.807) is 7.11 Å². The first kappa shape index (κ1) is 19.2. The molecular weight excluding hydrogens is 338 g/mol. The predicted molar refractivity (Wildman–Crippen MR) is 109 cm³/mol. The summed E-state index contributed by atoms with van der Waals surface area (Å²) in [5, 5.41) is 3.33. The third kappa shape index (κ3) is 5.47. The van der Waals surface area contributed by atoms with Gasteiger partial charge >= 0.3 is 0 Å². The average Bonchev–Trinajstić information content (AvgIpc) is 2.69. The highest BCUT2D eigenvalue weighted by Gasteiger charge is 2.20. The van der Waals surface area contributed by atoms with Crippen molar-refractivity contribution < 1.29 is 9.53 Å². The van der Waals surface area contributed by atoms with Gasteiger partial charge in [0.1, 0.15) is 5.75 Å². The van der Waals surface area contributed by atoms with Gasteiger partial charge in [-0.3, -0.25) is 9.69 Å². The minimum atomic E-state index is 0.216. The second kappa shape index (κ2) is 9.42. The monoisotopic (exact) mass is 367 g/mol. The molecule has 5 nitrogen and oxygen atoms in total. The van der Waals surface area contributed by atoms with Crippen LogP contribution in [0.1, 0.15) is 17.5 Å². The Kier molecular flexibility index (Phi) is 6.71. The summed E-state index contributed by atoms with van der Waals surface area (Å²) in [4.78, 5) is 16.9.